The number of aryl methyl sites for hydroxylation is 1. The largest absolute Gasteiger partial charge is 0.493 e. The molecule has 36 heavy (non-hydrogen) atoms. The van der Waals surface area contributed by atoms with Gasteiger partial charge in [-0.05, 0) is 75.4 Å². The Kier molecular flexibility index (Phi) is 7.41. The van der Waals surface area contributed by atoms with Crippen molar-refractivity contribution >= 4 is 5.97 Å². The van der Waals surface area contributed by atoms with E-state index in [2.05, 4.69) is 16.8 Å². The van der Waals surface area contributed by atoms with Crippen molar-refractivity contribution in [2.24, 2.45) is 0 Å². The average molecular weight is 482 g/mol. The van der Waals surface area contributed by atoms with Crippen LogP contribution in [0.1, 0.15) is 36.4 Å². The normalized spacial score (nSPS) is 10.9. The third-order valence-corrected chi connectivity index (χ3v) is 5.45. The molecule has 4 rings (SSSR count). The van der Waals surface area contributed by atoms with Crippen molar-refractivity contribution in [2.75, 3.05) is 6.61 Å². The van der Waals surface area contributed by atoms with Crippen LogP contribution in [0.3, 0.4) is 0 Å². The Hall–Kier alpha value is -4.50. The summed E-state index contributed by atoms with van der Waals surface area (Å²) in [5.41, 5.74) is 2.23. The number of nitrogens with zero attached hydrogens (tertiary/aromatic N) is 1. The SMILES string of the molecule is Cc1oc(-c2cccc(C#Cc3ccccc3)c2)nc1CCOc1ccc(OC(C)(C)C(=O)O)cc1. The lowest BCUT2D eigenvalue weighted by Gasteiger charge is -2.21. The molecule has 0 aliphatic rings. The van der Waals surface area contributed by atoms with Gasteiger partial charge in [0.05, 0.1) is 12.3 Å². The fourth-order valence-corrected chi connectivity index (χ4v) is 3.39. The highest BCUT2D eigenvalue weighted by molar-refractivity contribution is 5.76. The number of oxazole rings is 1. The number of carboxylic acids is 1. The highest BCUT2D eigenvalue weighted by atomic mass is 16.5. The van der Waals surface area contributed by atoms with Crippen LogP contribution in [0.15, 0.2) is 83.3 Å². The Bertz CT molecular complexity index is 1390. The van der Waals surface area contributed by atoms with E-state index in [0.29, 0.717) is 30.4 Å². The molecule has 0 radical (unpaired) electrons. The first-order chi connectivity index (χ1) is 17.3. The molecule has 6 heteroatoms. The van der Waals surface area contributed by atoms with Gasteiger partial charge >= 0.3 is 5.97 Å². The number of carboxylic acid groups (broad SMARTS) is 1. The fourth-order valence-electron chi connectivity index (χ4n) is 3.39. The number of carbonyl (C=O) groups is 1. The van der Waals surface area contributed by atoms with Crippen LogP contribution in [0.2, 0.25) is 0 Å². The number of ether oxygens (including phenoxy) is 2. The molecular weight excluding hydrogens is 454 g/mol. The van der Waals surface area contributed by atoms with Crippen molar-refractivity contribution in [1.29, 1.82) is 0 Å². The van der Waals surface area contributed by atoms with Crippen LogP contribution in [-0.2, 0) is 11.2 Å². The zero-order valence-electron chi connectivity index (χ0n) is 20.4. The maximum absolute atomic E-state index is 11.2. The van der Waals surface area contributed by atoms with Crippen molar-refractivity contribution in [3.63, 3.8) is 0 Å². The van der Waals surface area contributed by atoms with E-state index >= 15 is 0 Å². The van der Waals surface area contributed by atoms with E-state index < -0.39 is 11.6 Å². The Balaban J connectivity index is 1.36. The Labute approximate surface area is 210 Å². The van der Waals surface area contributed by atoms with Gasteiger partial charge in [-0.2, -0.15) is 0 Å². The minimum atomic E-state index is -1.31. The quantitative estimate of drug-likeness (QED) is 0.315. The summed E-state index contributed by atoms with van der Waals surface area (Å²) < 4.78 is 17.3. The second-order valence-corrected chi connectivity index (χ2v) is 8.71. The van der Waals surface area contributed by atoms with Gasteiger partial charge in [-0.25, -0.2) is 9.78 Å². The molecule has 0 fully saturated rings. The molecule has 0 unspecified atom stereocenters. The molecule has 0 aliphatic carbocycles. The lowest BCUT2D eigenvalue weighted by molar-refractivity contribution is -0.152. The highest BCUT2D eigenvalue weighted by Crippen LogP contribution is 2.24. The summed E-state index contributed by atoms with van der Waals surface area (Å²) in [5.74, 6) is 7.73. The number of benzene rings is 3. The van der Waals surface area contributed by atoms with Crippen LogP contribution in [-0.4, -0.2) is 28.3 Å². The van der Waals surface area contributed by atoms with Gasteiger partial charge in [-0.3, -0.25) is 0 Å². The second kappa shape index (κ2) is 10.8. The molecule has 0 bridgehead atoms. The van der Waals surface area contributed by atoms with Gasteiger partial charge in [0.25, 0.3) is 0 Å². The summed E-state index contributed by atoms with van der Waals surface area (Å²) in [6, 6.07) is 24.5. The molecule has 4 aromatic rings. The first-order valence-electron chi connectivity index (χ1n) is 11.6. The predicted molar refractivity (Wildman–Crippen MR) is 137 cm³/mol. The van der Waals surface area contributed by atoms with Gasteiger partial charge in [0, 0.05) is 23.1 Å². The standard InChI is InChI=1S/C30H27NO5/c1-21-27(18-19-34-25-14-16-26(17-15-25)36-30(2,3)29(32)33)31-28(35-21)24-11-7-10-23(20-24)13-12-22-8-5-4-6-9-22/h4-11,14-17,20H,18-19H2,1-3H3,(H,32,33). The topological polar surface area (TPSA) is 81.8 Å². The van der Waals surface area contributed by atoms with E-state index in [4.69, 9.17) is 13.9 Å². The highest BCUT2D eigenvalue weighted by Gasteiger charge is 2.29. The van der Waals surface area contributed by atoms with Gasteiger partial charge in [0.1, 0.15) is 17.3 Å². The molecule has 0 aliphatic heterocycles. The molecule has 0 spiro atoms. The van der Waals surface area contributed by atoms with Gasteiger partial charge in [0.15, 0.2) is 5.60 Å². The van der Waals surface area contributed by atoms with Crippen LogP contribution in [0.25, 0.3) is 11.5 Å². The van der Waals surface area contributed by atoms with Crippen molar-refractivity contribution in [1.82, 2.24) is 4.98 Å². The monoisotopic (exact) mass is 481 g/mol. The van der Waals surface area contributed by atoms with Crippen molar-refractivity contribution < 1.29 is 23.8 Å². The lowest BCUT2D eigenvalue weighted by atomic mass is 10.1. The Morgan fingerprint density at radius 2 is 1.61 bits per heavy atom. The van der Waals surface area contributed by atoms with Crippen LogP contribution in [0.5, 0.6) is 11.5 Å². The van der Waals surface area contributed by atoms with Gasteiger partial charge in [-0.1, -0.05) is 36.1 Å². The molecule has 6 nitrogen and oxygen atoms in total. The molecular formula is C30H27NO5. The van der Waals surface area contributed by atoms with Crippen molar-refractivity contribution in [3.8, 4) is 34.8 Å². The van der Waals surface area contributed by atoms with Crippen LogP contribution in [0, 0.1) is 18.8 Å². The zero-order chi connectivity index (χ0) is 25.5. The van der Waals surface area contributed by atoms with Crippen molar-refractivity contribution in [2.45, 2.75) is 32.8 Å². The second-order valence-electron chi connectivity index (χ2n) is 8.71. The number of aromatic nitrogens is 1. The van der Waals surface area contributed by atoms with Crippen molar-refractivity contribution in [3.05, 3.63) is 101 Å². The molecule has 182 valence electrons. The van der Waals surface area contributed by atoms with Gasteiger partial charge in [-0.15, -0.1) is 0 Å². The molecule has 0 amide bonds. The van der Waals surface area contributed by atoms with E-state index in [1.165, 1.54) is 13.8 Å². The summed E-state index contributed by atoms with van der Waals surface area (Å²) in [6.45, 7) is 5.31. The maximum Gasteiger partial charge on any atom is 0.347 e. The van der Waals surface area contributed by atoms with E-state index in [1.54, 1.807) is 24.3 Å². The first-order valence-corrected chi connectivity index (χ1v) is 11.6. The molecule has 1 N–H and O–H groups in total. The number of rotatable bonds is 8. The smallest absolute Gasteiger partial charge is 0.347 e. The summed E-state index contributed by atoms with van der Waals surface area (Å²) >= 11 is 0. The van der Waals surface area contributed by atoms with Gasteiger partial charge < -0.3 is 19.0 Å². The summed E-state index contributed by atoms with van der Waals surface area (Å²) in [6.07, 6.45) is 0.577. The summed E-state index contributed by atoms with van der Waals surface area (Å²) in [4.78, 5) is 15.9. The maximum atomic E-state index is 11.2. The molecule has 1 heterocycles. The summed E-state index contributed by atoms with van der Waals surface area (Å²) in [7, 11) is 0. The zero-order valence-corrected chi connectivity index (χ0v) is 20.4. The minimum absolute atomic E-state index is 0.413. The fraction of sp³-hybridized carbons (Fsp3) is 0.200. The summed E-state index contributed by atoms with van der Waals surface area (Å²) in [5, 5.41) is 9.19. The van der Waals surface area contributed by atoms with Gasteiger partial charge in [0.2, 0.25) is 5.89 Å². The molecule has 0 atom stereocenters. The minimum Gasteiger partial charge on any atom is -0.493 e. The number of hydrogen-bond acceptors (Lipinski definition) is 5. The number of hydrogen-bond donors (Lipinski definition) is 1. The Morgan fingerprint density at radius 3 is 2.33 bits per heavy atom. The van der Waals surface area contributed by atoms with E-state index in [0.717, 1.165) is 28.1 Å². The van der Waals surface area contributed by atoms with E-state index in [9.17, 15) is 9.90 Å². The first kappa shape index (κ1) is 24.6. The average Bonchev–Trinajstić information content (AvgIpc) is 3.25. The third-order valence-electron chi connectivity index (χ3n) is 5.45. The molecule has 3 aromatic carbocycles. The lowest BCUT2D eigenvalue weighted by Crippen LogP contribution is -2.37. The van der Waals surface area contributed by atoms with E-state index in [-0.39, 0.29) is 0 Å². The van der Waals surface area contributed by atoms with Crippen LogP contribution >= 0.6 is 0 Å². The molecule has 0 saturated carbocycles. The van der Waals surface area contributed by atoms with E-state index in [1.807, 2.05) is 61.5 Å². The van der Waals surface area contributed by atoms with Crippen LogP contribution in [0.4, 0.5) is 0 Å². The molecule has 1 aromatic heterocycles. The third kappa shape index (κ3) is 6.34. The Morgan fingerprint density at radius 1 is 0.944 bits per heavy atom. The van der Waals surface area contributed by atoms with Crippen LogP contribution < -0.4 is 9.47 Å². The predicted octanol–water partition coefficient (Wildman–Crippen LogP) is 5.91. The number of aliphatic carboxylic acids is 1. The molecule has 0 saturated heterocycles.